The first-order chi connectivity index (χ1) is 13.0. The number of nitrogens with one attached hydrogen (secondary N) is 1. The number of carbonyl (C=O) groups excluding carboxylic acids is 1. The molecule has 1 aliphatic rings. The van der Waals surface area contributed by atoms with E-state index in [1.165, 1.54) is 0 Å². The number of phenolic OH excluding ortho intramolecular Hbond substituents is 1. The van der Waals surface area contributed by atoms with Crippen LogP contribution in [0.15, 0.2) is 42.6 Å². The number of rotatable bonds is 2. The minimum absolute atomic E-state index is 0.0916. The smallest absolute Gasteiger partial charge is 0.290 e. The fourth-order valence-electron chi connectivity index (χ4n) is 3.40. The molecule has 0 unspecified atom stereocenters. The zero-order valence-electron chi connectivity index (χ0n) is 15.3. The number of ether oxygens (including phenoxy) is 1. The van der Waals surface area contributed by atoms with E-state index in [-0.39, 0.29) is 11.7 Å². The van der Waals surface area contributed by atoms with Gasteiger partial charge in [0.05, 0.1) is 13.1 Å². The molecule has 6 nitrogen and oxygen atoms in total. The van der Waals surface area contributed by atoms with Crippen LogP contribution in [-0.2, 0) is 6.54 Å². The van der Waals surface area contributed by atoms with E-state index in [1.807, 2.05) is 44.2 Å². The number of H-pyrrole nitrogens is 1. The molecule has 138 valence electrons. The quantitative estimate of drug-likeness (QED) is 0.731. The summed E-state index contributed by atoms with van der Waals surface area (Å²) in [6, 6.07) is 11.7. The monoisotopic (exact) mass is 363 g/mol. The number of amides is 1. The number of hydrogen-bond donors (Lipinski definition) is 2. The lowest BCUT2D eigenvalue weighted by atomic mass is 9.98. The molecule has 1 aliphatic heterocycles. The van der Waals surface area contributed by atoms with E-state index in [4.69, 9.17) is 4.74 Å². The highest BCUT2D eigenvalue weighted by Crippen LogP contribution is 2.38. The van der Waals surface area contributed by atoms with Crippen molar-refractivity contribution in [2.24, 2.45) is 0 Å². The summed E-state index contributed by atoms with van der Waals surface area (Å²) in [6.07, 6.45) is 1.64. The molecule has 2 N–H and O–H groups in total. The van der Waals surface area contributed by atoms with Crippen LogP contribution in [0.1, 0.15) is 27.4 Å². The predicted molar refractivity (Wildman–Crippen MR) is 102 cm³/mol. The second kappa shape index (κ2) is 6.79. The second-order valence-corrected chi connectivity index (χ2v) is 6.79. The van der Waals surface area contributed by atoms with Crippen LogP contribution in [0.2, 0.25) is 0 Å². The maximum Gasteiger partial charge on any atom is 0.290 e. The fourth-order valence-corrected chi connectivity index (χ4v) is 3.40. The Morgan fingerprint density at radius 1 is 1.26 bits per heavy atom. The van der Waals surface area contributed by atoms with E-state index in [2.05, 4.69) is 9.97 Å². The van der Waals surface area contributed by atoms with E-state index >= 15 is 0 Å². The van der Waals surface area contributed by atoms with Crippen LogP contribution in [0.3, 0.4) is 0 Å². The van der Waals surface area contributed by atoms with Gasteiger partial charge in [-0.05, 0) is 42.7 Å². The lowest BCUT2D eigenvalue weighted by Gasteiger charge is -2.19. The number of nitrogens with zero attached hydrogens (tertiary/aromatic N) is 2. The molecule has 0 spiro atoms. The Balaban J connectivity index is 1.71. The topological polar surface area (TPSA) is 78.5 Å². The van der Waals surface area contributed by atoms with Gasteiger partial charge in [-0.1, -0.05) is 24.3 Å². The first kappa shape index (κ1) is 17.1. The van der Waals surface area contributed by atoms with Crippen LogP contribution < -0.4 is 4.74 Å². The number of aromatic nitrogens is 2. The molecule has 0 radical (unpaired) electrons. The molecule has 1 aromatic heterocycles. The van der Waals surface area contributed by atoms with Crippen LogP contribution in [0.5, 0.6) is 11.5 Å². The Kier molecular flexibility index (Phi) is 4.32. The van der Waals surface area contributed by atoms with Crippen molar-refractivity contribution in [1.82, 2.24) is 14.9 Å². The molecular weight excluding hydrogens is 342 g/mol. The zero-order valence-corrected chi connectivity index (χ0v) is 15.3. The van der Waals surface area contributed by atoms with E-state index in [0.29, 0.717) is 31.3 Å². The van der Waals surface area contributed by atoms with Gasteiger partial charge in [0.2, 0.25) is 0 Å². The van der Waals surface area contributed by atoms with Gasteiger partial charge >= 0.3 is 0 Å². The highest BCUT2D eigenvalue weighted by Gasteiger charge is 2.25. The molecule has 3 aromatic rings. The molecule has 6 heteroatoms. The van der Waals surface area contributed by atoms with Crippen LogP contribution in [0.4, 0.5) is 0 Å². The molecule has 0 aliphatic carbocycles. The van der Waals surface area contributed by atoms with Gasteiger partial charge < -0.3 is 19.7 Å². The van der Waals surface area contributed by atoms with Gasteiger partial charge in [0.25, 0.3) is 5.91 Å². The van der Waals surface area contributed by atoms with Crippen LogP contribution >= 0.6 is 0 Å². The number of fused-ring (bicyclic) bond motifs is 1. The van der Waals surface area contributed by atoms with Crippen molar-refractivity contribution in [2.45, 2.75) is 20.4 Å². The van der Waals surface area contributed by atoms with E-state index in [1.54, 1.807) is 17.2 Å². The highest BCUT2D eigenvalue weighted by atomic mass is 16.5. The van der Waals surface area contributed by atoms with Crippen molar-refractivity contribution >= 4 is 5.91 Å². The number of aromatic hydroxyl groups is 1. The van der Waals surface area contributed by atoms with Crippen molar-refractivity contribution in [1.29, 1.82) is 0 Å². The van der Waals surface area contributed by atoms with E-state index < -0.39 is 0 Å². The van der Waals surface area contributed by atoms with Crippen molar-refractivity contribution in [3.05, 3.63) is 65.2 Å². The molecule has 4 rings (SSSR count). The second-order valence-electron chi connectivity index (χ2n) is 6.79. The number of aryl methyl sites for hydroxylation is 2. The summed E-state index contributed by atoms with van der Waals surface area (Å²) in [5.41, 5.74) is 4.67. The largest absolute Gasteiger partial charge is 0.504 e. The highest BCUT2D eigenvalue weighted by molar-refractivity contribution is 5.90. The van der Waals surface area contributed by atoms with Gasteiger partial charge in [-0.2, -0.15) is 0 Å². The average Bonchev–Trinajstić information content (AvgIpc) is 2.96. The summed E-state index contributed by atoms with van der Waals surface area (Å²) in [7, 11) is 0. The predicted octanol–water partition coefficient (Wildman–Crippen LogP) is 3.43. The Hall–Kier alpha value is -3.28. The molecule has 0 fully saturated rings. The maximum absolute atomic E-state index is 12.8. The number of phenols is 1. The molecular formula is C21H21N3O3. The summed E-state index contributed by atoms with van der Waals surface area (Å²) in [4.78, 5) is 21.6. The Morgan fingerprint density at radius 2 is 2.07 bits per heavy atom. The third-order valence-electron chi connectivity index (χ3n) is 4.76. The lowest BCUT2D eigenvalue weighted by Crippen LogP contribution is -2.33. The molecule has 2 aromatic carbocycles. The summed E-state index contributed by atoms with van der Waals surface area (Å²) in [5.74, 6) is 0.669. The third kappa shape index (κ3) is 3.26. The number of benzene rings is 2. The third-order valence-corrected chi connectivity index (χ3v) is 4.76. The molecule has 0 saturated carbocycles. The van der Waals surface area contributed by atoms with Crippen LogP contribution in [0.25, 0.3) is 11.1 Å². The average molecular weight is 363 g/mol. The number of aromatic amines is 1. The minimum atomic E-state index is -0.180. The number of imidazole rings is 1. The first-order valence-corrected chi connectivity index (χ1v) is 8.88. The standard InChI is InChI=1S/C21H21N3O3/c1-13-5-3-4-6-17(13)15-9-16-12-24(7-8-27-19(16)18(25)10-15)21(26)20-22-11-14(2)23-20/h3-6,9-11,25H,7-8,12H2,1-2H3,(H,22,23). The SMILES string of the molecule is Cc1cnc(C(=O)N2CCOc3c(O)cc(-c4ccccc4C)cc3C2)[nH]1. The van der Waals surface area contributed by atoms with Gasteiger partial charge in [0, 0.05) is 17.5 Å². The van der Waals surface area contributed by atoms with Gasteiger partial charge in [-0.25, -0.2) is 4.98 Å². The van der Waals surface area contributed by atoms with Crippen molar-refractivity contribution in [3.63, 3.8) is 0 Å². The van der Waals surface area contributed by atoms with Crippen molar-refractivity contribution in [3.8, 4) is 22.6 Å². The Labute approximate surface area is 157 Å². The molecule has 27 heavy (non-hydrogen) atoms. The zero-order chi connectivity index (χ0) is 19.0. The minimum Gasteiger partial charge on any atom is -0.504 e. The Bertz CT molecular complexity index is 1010. The lowest BCUT2D eigenvalue weighted by molar-refractivity contribution is 0.0722. The Morgan fingerprint density at radius 3 is 2.81 bits per heavy atom. The first-order valence-electron chi connectivity index (χ1n) is 8.88. The number of carbonyl (C=O) groups is 1. The van der Waals surface area contributed by atoms with Gasteiger partial charge in [0.1, 0.15) is 6.61 Å². The van der Waals surface area contributed by atoms with Crippen molar-refractivity contribution in [2.75, 3.05) is 13.2 Å². The van der Waals surface area contributed by atoms with Crippen molar-refractivity contribution < 1.29 is 14.6 Å². The van der Waals surface area contributed by atoms with Crippen LogP contribution in [0, 0.1) is 13.8 Å². The molecule has 0 atom stereocenters. The van der Waals surface area contributed by atoms with Gasteiger partial charge in [-0.15, -0.1) is 0 Å². The van der Waals surface area contributed by atoms with Gasteiger partial charge in [-0.3, -0.25) is 4.79 Å². The van der Waals surface area contributed by atoms with E-state index in [9.17, 15) is 9.90 Å². The summed E-state index contributed by atoms with van der Waals surface area (Å²) in [6.45, 7) is 4.98. The molecule has 0 bridgehead atoms. The molecule has 0 saturated heterocycles. The summed E-state index contributed by atoms with van der Waals surface area (Å²) >= 11 is 0. The normalized spacial score (nSPS) is 13.6. The summed E-state index contributed by atoms with van der Waals surface area (Å²) in [5, 5.41) is 10.5. The van der Waals surface area contributed by atoms with Gasteiger partial charge in [0.15, 0.2) is 17.3 Å². The van der Waals surface area contributed by atoms with E-state index in [0.717, 1.165) is 27.9 Å². The number of hydrogen-bond acceptors (Lipinski definition) is 4. The maximum atomic E-state index is 12.8. The molecule has 2 heterocycles. The fraction of sp³-hybridized carbons (Fsp3) is 0.238. The summed E-state index contributed by atoms with van der Waals surface area (Å²) < 4.78 is 5.75. The van der Waals surface area contributed by atoms with Crippen LogP contribution in [-0.4, -0.2) is 39.0 Å². The molecule has 1 amide bonds.